The Morgan fingerprint density at radius 2 is 2.14 bits per heavy atom. The number of hydrogen-bond acceptors (Lipinski definition) is 3. The summed E-state index contributed by atoms with van der Waals surface area (Å²) in [4.78, 5) is 18.4. The molecule has 22 heavy (non-hydrogen) atoms. The number of unbranched alkanes of at least 4 members (excludes halogenated alkanes) is 1. The number of aliphatic hydroxyl groups is 1. The van der Waals surface area contributed by atoms with Crippen LogP contribution in [0.3, 0.4) is 0 Å². The summed E-state index contributed by atoms with van der Waals surface area (Å²) in [6, 6.07) is 10.4. The number of aromatic nitrogens is 1. The van der Waals surface area contributed by atoms with Crippen LogP contribution >= 0.6 is 11.6 Å². The summed E-state index contributed by atoms with van der Waals surface area (Å²) in [5.41, 5.74) is -0.186. The molecule has 4 nitrogen and oxygen atoms in total. The summed E-state index contributed by atoms with van der Waals surface area (Å²) in [5.74, 6) is -0.195. The largest absolute Gasteiger partial charge is 0.362 e. The number of benzene rings is 1. The van der Waals surface area contributed by atoms with Gasteiger partial charge in [0.05, 0.1) is 5.56 Å². The first kappa shape index (κ1) is 15.0. The van der Waals surface area contributed by atoms with Gasteiger partial charge in [-0.05, 0) is 30.7 Å². The quantitative estimate of drug-likeness (QED) is 0.942. The molecule has 0 fully saturated rings. The number of fused-ring (bicyclic) bond motifs is 1. The van der Waals surface area contributed by atoms with Crippen LogP contribution in [0.4, 0.5) is 0 Å². The van der Waals surface area contributed by atoms with Gasteiger partial charge in [0.15, 0.2) is 0 Å². The maximum absolute atomic E-state index is 12.7. The Labute approximate surface area is 134 Å². The summed E-state index contributed by atoms with van der Waals surface area (Å²) in [6.07, 6.45) is 3.33. The molecule has 0 saturated carbocycles. The van der Waals surface area contributed by atoms with Gasteiger partial charge in [0.1, 0.15) is 5.69 Å². The molecule has 1 aromatic carbocycles. The van der Waals surface area contributed by atoms with E-state index in [0.29, 0.717) is 28.4 Å². The van der Waals surface area contributed by atoms with Crippen molar-refractivity contribution in [2.24, 2.45) is 0 Å². The van der Waals surface area contributed by atoms with Gasteiger partial charge in [-0.15, -0.1) is 0 Å². The summed E-state index contributed by atoms with van der Waals surface area (Å²) in [5, 5.41) is 11.9. The molecule has 0 bridgehead atoms. The Kier molecular flexibility index (Phi) is 3.89. The van der Waals surface area contributed by atoms with Gasteiger partial charge in [-0.2, -0.15) is 0 Å². The van der Waals surface area contributed by atoms with Crippen LogP contribution in [-0.4, -0.2) is 27.4 Å². The normalized spacial score (nSPS) is 20.3. The van der Waals surface area contributed by atoms with Gasteiger partial charge in [-0.3, -0.25) is 9.78 Å². The average molecular weight is 317 g/mol. The Balaban J connectivity index is 2.17. The monoisotopic (exact) mass is 316 g/mol. The molecular weight excluding hydrogens is 300 g/mol. The molecule has 3 rings (SSSR count). The van der Waals surface area contributed by atoms with E-state index in [2.05, 4.69) is 4.98 Å². The van der Waals surface area contributed by atoms with Crippen molar-refractivity contribution in [1.82, 2.24) is 9.88 Å². The lowest BCUT2D eigenvalue weighted by Gasteiger charge is -2.34. The van der Waals surface area contributed by atoms with Crippen LogP contribution in [0, 0.1) is 0 Å². The Morgan fingerprint density at radius 3 is 2.86 bits per heavy atom. The van der Waals surface area contributed by atoms with Gasteiger partial charge in [-0.25, -0.2) is 0 Å². The van der Waals surface area contributed by atoms with Crippen LogP contribution in [0.5, 0.6) is 0 Å². The van der Waals surface area contributed by atoms with Gasteiger partial charge in [0.25, 0.3) is 5.91 Å². The fourth-order valence-corrected chi connectivity index (χ4v) is 3.04. The molecule has 1 N–H and O–H groups in total. The number of pyridine rings is 1. The number of halogens is 1. The first-order chi connectivity index (χ1) is 10.6. The van der Waals surface area contributed by atoms with Crippen LogP contribution in [-0.2, 0) is 5.72 Å². The minimum atomic E-state index is -1.56. The summed E-state index contributed by atoms with van der Waals surface area (Å²) < 4.78 is 0. The van der Waals surface area contributed by atoms with Crippen molar-refractivity contribution >= 4 is 17.5 Å². The number of amides is 1. The summed E-state index contributed by atoms with van der Waals surface area (Å²) in [7, 11) is 0. The number of carbonyl (C=O) groups excluding carboxylic acids is 1. The first-order valence-electron chi connectivity index (χ1n) is 7.35. The van der Waals surface area contributed by atoms with E-state index in [1.807, 2.05) is 6.92 Å². The van der Waals surface area contributed by atoms with Crippen molar-refractivity contribution in [2.75, 3.05) is 6.54 Å². The molecule has 1 aromatic heterocycles. The van der Waals surface area contributed by atoms with Crippen molar-refractivity contribution < 1.29 is 9.90 Å². The zero-order chi connectivity index (χ0) is 15.7. The molecular formula is C17H17ClN2O2. The Bertz CT molecular complexity index is 719. The standard InChI is InChI=1S/C17H17ClN2O2/c1-2-3-10-20-16(21)14-8-5-9-19-15(14)17(20,22)12-6-4-7-13(18)11-12/h4-9,11,22H,2-3,10H2,1H3. The Morgan fingerprint density at radius 1 is 1.32 bits per heavy atom. The minimum Gasteiger partial charge on any atom is -0.362 e. The average Bonchev–Trinajstić information content (AvgIpc) is 2.75. The van der Waals surface area contributed by atoms with E-state index in [0.717, 1.165) is 12.8 Å². The van der Waals surface area contributed by atoms with E-state index in [-0.39, 0.29) is 5.91 Å². The predicted octanol–water partition coefficient (Wildman–Crippen LogP) is 3.18. The molecule has 1 atom stereocenters. The summed E-state index contributed by atoms with van der Waals surface area (Å²) >= 11 is 6.07. The van der Waals surface area contributed by atoms with Crippen LogP contribution in [0.25, 0.3) is 0 Å². The third-order valence-electron chi connectivity index (χ3n) is 3.97. The maximum atomic E-state index is 12.7. The van der Waals surface area contributed by atoms with Crippen molar-refractivity contribution in [1.29, 1.82) is 0 Å². The second kappa shape index (κ2) is 5.71. The van der Waals surface area contributed by atoms with Crippen LogP contribution < -0.4 is 0 Å². The second-order valence-electron chi connectivity index (χ2n) is 5.39. The number of rotatable bonds is 4. The molecule has 0 saturated heterocycles. The first-order valence-corrected chi connectivity index (χ1v) is 7.72. The highest BCUT2D eigenvalue weighted by Crippen LogP contribution is 2.41. The summed E-state index contributed by atoms with van der Waals surface area (Å²) in [6.45, 7) is 2.51. The van der Waals surface area contributed by atoms with E-state index in [9.17, 15) is 9.90 Å². The predicted molar refractivity (Wildman–Crippen MR) is 84.6 cm³/mol. The molecule has 1 aliphatic rings. The van der Waals surface area contributed by atoms with E-state index in [1.165, 1.54) is 4.90 Å². The van der Waals surface area contributed by atoms with Crippen LogP contribution in [0.2, 0.25) is 5.02 Å². The second-order valence-corrected chi connectivity index (χ2v) is 5.83. The number of hydrogen-bond donors (Lipinski definition) is 1. The lowest BCUT2D eigenvalue weighted by Crippen LogP contribution is -2.45. The fraction of sp³-hybridized carbons (Fsp3) is 0.294. The number of carbonyl (C=O) groups is 1. The van der Waals surface area contributed by atoms with Crippen molar-refractivity contribution in [3.8, 4) is 0 Å². The molecule has 0 radical (unpaired) electrons. The fourth-order valence-electron chi connectivity index (χ4n) is 2.85. The molecule has 0 aliphatic carbocycles. The molecule has 2 aromatic rings. The smallest absolute Gasteiger partial charge is 0.258 e. The lowest BCUT2D eigenvalue weighted by molar-refractivity contribution is -0.0530. The zero-order valence-electron chi connectivity index (χ0n) is 12.3. The lowest BCUT2D eigenvalue weighted by atomic mass is 9.98. The number of nitrogens with zero attached hydrogens (tertiary/aromatic N) is 2. The topological polar surface area (TPSA) is 53.4 Å². The van der Waals surface area contributed by atoms with E-state index < -0.39 is 5.72 Å². The highest BCUT2D eigenvalue weighted by Gasteiger charge is 2.50. The molecule has 2 heterocycles. The highest BCUT2D eigenvalue weighted by molar-refractivity contribution is 6.30. The van der Waals surface area contributed by atoms with E-state index >= 15 is 0 Å². The zero-order valence-corrected chi connectivity index (χ0v) is 13.0. The van der Waals surface area contributed by atoms with Gasteiger partial charge < -0.3 is 10.0 Å². The van der Waals surface area contributed by atoms with Gasteiger partial charge >= 0.3 is 0 Å². The molecule has 1 aliphatic heterocycles. The van der Waals surface area contributed by atoms with Crippen LogP contribution in [0.1, 0.15) is 41.4 Å². The molecule has 114 valence electrons. The minimum absolute atomic E-state index is 0.195. The van der Waals surface area contributed by atoms with Gasteiger partial charge in [0.2, 0.25) is 5.72 Å². The van der Waals surface area contributed by atoms with Gasteiger partial charge in [0, 0.05) is 23.3 Å². The van der Waals surface area contributed by atoms with Crippen LogP contribution in [0.15, 0.2) is 42.6 Å². The Hall–Kier alpha value is -1.91. The van der Waals surface area contributed by atoms with Crippen molar-refractivity contribution in [3.63, 3.8) is 0 Å². The van der Waals surface area contributed by atoms with Crippen molar-refractivity contribution in [2.45, 2.75) is 25.5 Å². The van der Waals surface area contributed by atoms with Gasteiger partial charge in [-0.1, -0.05) is 37.1 Å². The molecule has 0 spiro atoms. The third-order valence-corrected chi connectivity index (χ3v) is 4.20. The highest BCUT2D eigenvalue weighted by atomic mass is 35.5. The van der Waals surface area contributed by atoms with E-state index in [1.54, 1.807) is 42.6 Å². The molecule has 1 amide bonds. The molecule has 1 unspecified atom stereocenters. The van der Waals surface area contributed by atoms with E-state index in [4.69, 9.17) is 11.6 Å². The van der Waals surface area contributed by atoms with Crippen molar-refractivity contribution in [3.05, 3.63) is 64.4 Å². The maximum Gasteiger partial charge on any atom is 0.258 e. The SMILES string of the molecule is CCCCN1C(=O)c2cccnc2C1(O)c1cccc(Cl)c1. The molecule has 5 heteroatoms. The third kappa shape index (κ3) is 2.19.